The number of methoxy groups -OCH3 is 2. The Morgan fingerprint density at radius 3 is 2.45 bits per heavy atom. The van der Waals surface area contributed by atoms with Crippen molar-refractivity contribution in [3.8, 4) is 5.75 Å². The van der Waals surface area contributed by atoms with E-state index in [4.69, 9.17) is 18.9 Å². The lowest BCUT2D eigenvalue weighted by atomic mass is 10.0. The van der Waals surface area contributed by atoms with Crippen LogP contribution in [0, 0.1) is 0 Å². The molecule has 31 heavy (non-hydrogen) atoms. The van der Waals surface area contributed by atoms with Crippen molar-refractivity contribution >= 4 is 29.9 Å². The molecule has 0 saturated carbocycles. The molecule has 0 spiro atoms. The highest BCUT2D eigenvalue weighted by Crippen LogP contribution is 2.23. The molecular formula is C22H39IN4O4. The lowest BCUT2D eigenvalue weighted by Gasteiger charge is -2.35. The highest BCUT2D eigenvalue weighted by Gasteiger charge is 2.23. The molecule has 1 aliphatic rings. The number of hydrogen-bond acceptors (Lipinski definition) is 6. The van der Waals surface area contributed by atoms with Crippen molar-refractivity contribution in [1.29, 1.82) is 0 Å². The zero-order chi connectivity index (χ0) is 21.4. The molecule has 1 saturated heterocycles. The zero-order valence-electron chi connectivity index (χ0n) is 19.1. The van der Waals surface area contributed by atoms with Gasteiger partial charge in [0, 0.05) is 46.9 Å². The molecule has 1 unspecified atom stereocenters. The van der Waals surface area contributed by atoms with Crippen molar-refractivity contribution in [1.82, 2.24) is 15.5 Å². The summed E-state index contributed by atoms with van der Waals surface area (Å²) in [7, 11) is 5.18. The number of ether oxygens (including phenoxy) is 4. The first kappa shape index (κ1) is 27.9. The Morgan fingerprint density at radius 2 is 1.81 bits per heavy atom. The normalized spacial score (nSPS) is 15.8. The van der Waals surface area contributed by atoms with Crippen molar-refractivity contribution in [3.63, 3.8) is 0 Å². The number of nitrogens with one attached hydrogen (secondary N) is 2. The van der Waals surface area contributed by atoms with Crippen molar-refractivity contribution in [2.24, 2.45) is 4.99 Å². The lowest BCUT2D eigenvalue weighted by molar-refractivity contribution is 0.0170. The minimum Gasteiger partial charge on any atom is -0.497 e. The van der Waals surface area contributed by atoms with Gasteiger partial charge in [0.1, 0.15) is 5.75 Å². The Kier molecular flexibility index (Phi) is 15.7. The Balaban J connectivity index is 0.00000480. The van der Waals surface area contributed by atoms with Gasteiger partial charge in [-0.1, -0.05) is 12.1 Å². The van der Waals surface area contributed by atoms with Crippen LogP contribution in [0.5, 0.6) is 5.75 Å². The molecule has 1 aliphatic heterocycles. The molecule has 0 amide bonds. The number of aliphatic imine (C=N–C) groups is 1. The Labute approximate surface area is 204 Å². The van der Waals surface area contributed by atoms with E-state index in [9.17, 15) is 0 Å². The van der Waals surface area contributed by atoms with Gasteiger partial charge in [0.2, 0.25) is 0 Å². The molecule has 1 atom stereocenters. The fourth-order valence-electron chi connectivity index (χ4n) is 3.37. The average Bonchev–Trinajstić information content (AvgIpc) is 2.80. The monoisotopic (exact) mass is 550 g/mol. The van der Waals surface area contributed by atoms with Crippen LogP contribution in [0.1, 0.15) is 24.4 Å². The van der Waals surface area contributed by atoms with Gasteiger partial charge in [-0.15, -0.1) is 24.0 Å². The van der Waals surface area contributed by atoms with Gasteiger partial charge in [-0.3, -0.25) is 9.89 Å². The number of nitrogens with zero attached hydrogens (tertiary/aromatic N) is 2. The maximum Gasteiger partial charge on any atom is 0.191 e. The Bertz CT molecular complexity index is 598. The number of guanidine groups is 1. The number of morpholine rings is 1. The third-order valence-corrected chi connectivity index (χ3v) is 5.11. The van der Waals surface area contributed by atoms with E-state index in [1.54, 1.807) is 21.3 Å². The molecule has 9 heteroatoms. The molecule has 1 aromatic rings. The third kappa shape index (κ3) is 10.8. The van der Waals surface area contributed by atoms with E-state index in [0.29, 0.717) is 13.2 Å². The van der Waals surface area contributed by atoms with E-state index in [1.807, 2.05) is 12.1 Å². The summed E-state index contributed by atoms with van der Waals surface area (Å²) in [5.74, 6) is 1.69. The fourth-order valence-corrected chi connectivity index (χ4v) is 3.37. The minimum atomic E-state index is 0. The van der Waals surface area contributed by atoms with Crippen LogP contribution in [0.15, 0.2) is 29.3 Å². The first-order valence-corrected chi connectivity index (χ1v) is 10.8. The number of rotatable bonds is 13. The van der Waals surface area contributed by atoms with Crippen molar-refractivity contribution < 1.29 is 18.9 Å². The molecule has 0 radical (unpaired) electrons. The molecule has 0 aliphatic carbocycles. The predicted octanol–water partition coefficient (Wildman–Crippen LogP) is 2.29. The molecule has 2 N–H and O–H groups in total. The largest absolute Gasteiger partial charge is 0.497 e. The van der Waals surface area contributed by atoms with Gasteiger partial charge in [0.25, 0.3) is 0 Å². The van der Waals surface area contributed by atoms with Gasteiger partial charge >= 0.3 is 0 Å². The Hall–Kier alpha value is -1.14. The highest BCUT2D eigenvalue weighted by molar-refractivity contribution is 14.0. The molecule has 0 bridgehead atoms. The third-order valence-electron chi connectivity index (χ3n) is 5.11. The van der Waals surface area contributed by atoms with Crippen LogP contribution in [-0.2, 0) is 14.2 Å². The maximum absolute atomic E-state index is 5.54. The number of halogens is 1. The minimum absolute atomic E-state index is 0. The molecular weight excluding hydrogens is 511 g/mol. The van der Waals surface area contributed by atoms with Gasteiger partial charge in [-0.25, -0.2) is 0 Å². The van der Waals surface area contributed by atoms with Crippen LogP contribution in [0.4, 0.5) is 0 Å². The van der Waals surface area contributed by atoms with Crippen LogP contribution >= 0.6 is 24.0 Å². The molecule has 0 aromatic heterocycles. The number of unbranched alkanes of at least 4 members (excludes halogenated alkanes) is 1. The summed E-state index contributed by atoms with van der Waals surface area (Å²) >= 11 is 0. The predicted molar refractivity (Wildman–Crippen MR) is 135 cm³/mol. The summed E-state index contributed by atoms with van der Waals surface area (Å²) in [6.45, 7) is 7.08. The summed E-state index contributed by atoms with van der Waals surface area (Å²) < 4.78 is 21.3. The molecule has 1 heterocycles. The van der Waals surface area contributed by atoms with E-state index in [2.05, 4.69) is 32.7 Å². The summed E-state index contributed by atoms with van der Waals surface area (Å²) in [5.41, 5.74) is 1.26. The fraction of sp³-hybridized carbons (Fsp3) is 0.682. The van der Waals surface area contributed by atoms with E-state index < -0.39 is 0 Å². The van der Waals surface area contributed by atoms with E-state index in [-0.39, 0.29) is 30.0 Å². The molecule has 1 fully saturated rings. The van der Waals surface area contributed by atoms with E-state index >= 15 is 0 Å². The SMILES string of the molecule is CN=C(NCCCCOCCOC)NCC(c1ccc(OC)cc1)N1CCOCC1.I. The topological polar surface area (TPSA) is 76.6 Å². The lowest BCUT2D eigenvalue weighted by Crippen LogP contribution is -2.46. The Morgan fingerprint density at radius 1 is 1.06 bits per heavy atom. The highest BCUT2D eigenvalue weighted by atomic mass is 127. The maximum atomic E-state index is 5.54. The summed E-state index contributed by atoms with van der Waals surface area (Å²) in [6, 6.07) is 8.56. The molecule has 8 nitrogen and oxygen atoms in total. The first-order chi connectivity index (χ1) is 14.8. The number of hydrogen-bond donors (Lipinski definition) is 2. The van der Waals surface area contributed by atoms with Crippen molar-refractivity contribution in [3.05, 3.63) is 29.8 Å². The van der Waals surface area contributed by atoms with Crippen LogP contribution < -0.4 is 15.4 Å². The molecule has 178 valence electrons. The van der Waals surface area contributed by atoms with Crippen LogP contribution in [0.2, 0.25) is 0 Å². The van der Waals surface area contributed by atoms with Crippen molar-refractivity contribution in [2.45, 2.75) is 18.9 Å². The molecule has 1 aromatic carbocycles. The van der Waals surface area contributed by atoms with Gasteiger partial charge in [0.05, 0.1) is 39.6 Å². The summed E-state index contributed by atoms with van der Waals surface area (Å²) in [4.78, 5) is 6.83. The van der Waals surface area contributed by atoms with Crippen LogP contribution in [-0.4, -0.2) is 91.3 Å². The second-order valence-corrected chi connectivity index (χ2v) is 7.13. The summed E-state index contributed by atoms with van der Waals surface area (Å²) in [6.07, 6.45) is 2.04. The smallest absolute Gasteiger partial charge is 0.191 e. The summed E-state index contributed by atoms with van der Waals surface area (Å²) in [5, 5.41) is 6.89. The van der Waals surface area contributed by atoms with Crippen LogP contribution in [0.25, 0.3) is 0 Å². The van der Waals surface area contributed by atoms with Crippen molar-refractivity contribution in [2.75, 3.05) is 80.5 Å². The van der Waals surface area contributed by atoms with Crippen LogP contribution in [0.3, 0.4) is 0 Å². The second kappa shape index (κ2) is 17.4. The van der Waals surface area contributed by atoms with Gasteiger partial charge in [0.15, 0.2) is 5.96 Å². The van der Waals surface area contributed by atoms with E-state index in [0.717, 1.165) is 70.6 Å². The average molecular weight is 550 g/mol. The number of benzene rings is 1. The molecule has 2 rings (SSSR count). The van der Waals surface area contributed by atoms with E-state index in [1.165, 1.54) is 5.56 Å². The zero-order valence-corrected chi connectivity index (χ0v) is 21.4. The van der Waals surface area contributed by atoms with Gasteiger partial charge in [-0.05, 0) is 30.5 Å². The van der Waals surface area contributed by atoms with Gasteiger partial charge < -0.3 is 29.6 Å². The second-order valence-electron chi connectivity index (χ2n) is 7.13. The standard InChI is InChI=1S/C22H38N4O4.HI/c1-23-22(24-10-4-5-13-29-17-16-27-2)25-18-21(26-11-14-30-15-12-26)19-6-8-20(28-3)9-7-19;/h6-9,21H,4-5,10-18H2,1-3H3,(H2,23,24,25);1H. The first-order valence-electron chi connectivity index (χ1n) is 10.8. The van der Waals surface area contributed by atoms with Gasteiger partial charge in [-0.2, -0.15) is 0 Å². The quantitative estimate of drug-likeness (QED) is 0.169.